The highest BCUT2D eigenvalue weighted by molar-refractivity contribution is 7.89. The van der Waals surface area contributed by atoms with Gasteiger partial charge in [0.05, 0.1) is 10.5 Å². The SMILES string of the molecule is CCCNC(=O)[C@H](C)NC(=O)COC(=O)c1cccc(S(=O)(=O)NC)c1. The Labute approximate surface area is 152 Å². The molecule has 1 atom stereocenters. The van der Waals surface area contributed by atoms with Crippen LogP contribution in [0.5, 0.6) is 0 Å². The zero-order valence-corrected chi connectivity index (χ0v) is 15.7. The lowest BCUT2D eigenvalue weighted by Gasteiger charge is -2.14. The summed E-state index contributed by atoms with van der Waals surface area (Å²) in [4.78, 5) is 35.3. The molecule has 10 heteroatoms. The van der Waals surface area contributed by atoms with E-state index in [1.807, 2.05) is 6.92 Å². The summed E-state index contributed by atoms with van der Waals surface area (Å²) in [7, 11) is -2.45. The van der Waals surface area contributed by atoms with Gasteiger partial charge in [-0.05, 0) is 38.6 Å². The minimum absolute atomic E-state index is 0.0112. The van der Waals surface area contributed by atoms with E-state index in [0.717, 1.165) is 12.5 Å². The summed E-state index contributed by atoms with van der Waals surface area (Å²) in [5.74, 6) is -1.83. The van der Waals surface area contributed by atoms with E-state index in [1.165, 1.54) is 32.2 Å². The second-order valence-corrected chi connectivity index (χ2v) is 7.28. The third kappa shape index (κ3) is 6.45. The molecule has 0 fully saturated rings. The maximum atomic E-state index is 12.0. The van der Waals surface area contributed by atoms with E-state index in [2.05, 4.69) is 15.4 Å². The standard InChI is InChI=1S/C16H23N3O6S/c1-4-8-18-15(21)11(2)19-14(20)10-25-16(22)12-6-5-7-13(9-12)26(23,24)17-3/h5-7,9,11,17H,4,8,10H2,1-3H3,(H,18,21)(H,19,20)/t11-/m0/s1. The second kappa shape index (κ2) is 9.88. The van der Waals surface area contributed by atoms with Gasteiger partial charge in [-0.2, -0.15) is 0 Å². The van der Waals surface area contributed by atoms with Gasteiger partial charge in [0, 0.05) is 6.54 Å². The molecule has 0 aliphatic carbocycles. The number of benzene rings is 1. The highest BCUT2D eigenvalue weighted by Gasteiger charge is 2.18. The molecule has 0 spiro atoms. The number of hydrogen-bond acceptors (Lipinski definition) is 6. The van der Waals surface area contributed by atoms with Gasteiger partial charge in [-0.3, -0.25) is 9.59 Å². The molecule has 9 nitrogen and oxygen atoms in total. The van der Waals surface area contributed by atoms with Crippen LogP contribution in [0.3, 0.4) is 0 Å². The van der Waals surface area contributed by atoms with Gasteiger partial charge in [-0.15, -0.1) is 0 Å². The minimum atomic E-state index is -3.70. The molecular weight excluding hydrogens is 362 g/mol. The summed E-state index contributed by atoms with van der Waals surface area (Å²) in [6, 6.07) is 4.46. The number of ether oxygens (including phenoxy) is 1. The Morgan fingerprint density at radius 1 is 1.23 bits per heavy atom. The number of sulfonamides is 1. The van der Waals surface area contributed by atoms with Crippen LogP contribution in [0.15, 0.2) is 29.2 Å². The van der Waals surface area contributed by atoms with Crippen LogP contribution in [-0.4, -0.2) is 52.4 Å². The Bertz CT molecular complexity index is 763. The number of nitrogens with one attached hydrogen (secondary N) is 3. The van der Waals surface area contributed by atoms with E-state index >= 15 is 0 Å². The van der Waals surface area contributed by atoms with Crippen molar-refractivity contribution in [3.8, 4) is 0 Å². The summed E-state index contributed by atoms with van der Waals surface area (Å²) in [5, 5.41) is 5.04. The maximum absolute atomic E-state index is 12.0. The van der Waals surface area contributed by atoms with E-state index in [-0.39, 0.29) is 16.4 Å². The summed E-state index contributed by atoms with van der Waals surface area (Å²) in [6.45, 7) is 3.32. The normalized spacial score (nSPS) is 12.1. The van der Waals surface area contributed by atoms with Crippen molar-refractivity contribution in [1.29, 1.82) is 0 Å². The average molecular weight is 385 g/mol. The molecule has 0 saturated carbocycles. The molecule has 2 amide bonds. The van der Waals surface area contributed by atoms with Crippen molar-refractivity contribution in [3.05, 3.63) is 29.8 Å². The molecule has 0 aliphatic rings. The van der Waals surface area contributed by atoms with Gasteiger partial charge in [0.2, 0.25) is 15.9 Å². The summed E-state index contributed by atoms with van der Waals surface area (Å²) < 4.78 is 30.5. The van der Waals surface area contributed by atoms with E-state index in [1.54, 1.807) is 0 Å². The largest absolute Gasteiger partial charge is 0.452 e. The van der Waals surface area contributed by atoms with Gasteiger partial charge in [-0.25, -0.2) is 17.9 Å². The van der Waals surface area contributed by atoms with E-state index in [9.17, 15) is 22.8 Å². The fourth-order valence-corrected chi connectivity index (χ4v) is 2.65. The minimum Gasteiger partial charge on any atom is -0.452 e. The van der Waals surface area contributed by atoms with Gasteiger partial charge in [0.1, 0.15) is 6.04 Å². The number of esters is 1. The lowest BCUT2D eigenvalue weighted by molar-refractivity contribution is -0.130. The molecule has 0 aromatic heterocycles. The summed E-state index contributed by atoms with van der Waals surface area (Å²) >= 11 is 0. The number of carbonyl (C=O) groups is 3. The smallest absolute Gasteiger partial charge is 0.338 e. The monoisotopic (exact) mass is 385 g/mol. The molecule has 3 N–H and O–H groups in total. The van der Waals surface area contributed by atoms with Crippen molar-refractivity contribution in [3.63, 3.8) is 0 Å². The van der Waals surface area contributed by atoms with Crippen molar-refractivity contribution in [2.75, 3.05) is 20.2 Å². The molecule has 0 heterocycles. The first kappa shape index (κ1) is 21.6. The van der Waals surface area contributed by atoms with Gasteiger partial charge >= 0.3 is 5.97 Å². The van der Waals surface area contributed by atoms with Crippen molar-refractivity contribution in [2.24, 2.45) is 0 Å². The van der Waals surface area contributed by atoms with Crippen LogP contribution < -0.4 is 15.4 Å². The molecule has 0 aliphatic heterocycles. The number of carbonyl (C=O) groups excluding carboxylic acids is 3. The van der Waals surface area contributed by atoms with Crippen molar-refractivity contribution in [2.45, 2.75) is 31.2 Å². The lowest BCUT2D eigenvalue weighted by Crippen LogP contribution is -2.46. The molecule has 0 saturated heterocycles. The van der Waals surface area contributed by atoms with E-state index in [4.69, 9.17) is 4.74 Å². The van der Waals surface area contributed by atoms with E-state index in [0.29, 0.717) is 6.54 Å². The van der Waals surface area contributed by atoms with Crippen LogP contribution in [0.4, 0.5) is 0 Å². The molecule has 1 aromatic rings. The number of hydrogen-bond donors (Lipinski definition) is 3. The van der Waals surface area contributed by atoms with Crippen LogP contribution in [0.25, 0.3) is 0 Å². The van der Waals surface area contributed by atoms with Gasteiger partial charge in [0.25, 0.3) is 5.91 Å². The van der Waals surface area contributed by atoms with Gasteiger partial charge in [-0.1, -0.05) is 13.0 Å². The highest BCUT2D eigenvalue weighted by Crippen LogP contribution is 2.12. The zero-order valence-electron chi connectivity index (χ0n) is 14.9. The molecular formula is C16H23N3O6S. The molecule has 0 unspecified atom stereocenters. The van der Waals surface area contributed by atoms with Crippen molar-refractivity contribution < 1.29 is 27.5 Å². The van der Waals surface area contributed by atoms with Crippen molar-refractivity contribution >= 4 is 27.8 Å². The van der Waals surface area contributed by atoms with Crippen LogP contribution in [0.2, 0.25) is 0 Å². The predicted octanol–water partition coefficient (Wildman–Crippen LogP) is -0.218. The first-order valence-corrected chi connectivity index (χ1v) is 9.47. The van der Waals surface area contributed by atoms with Crippen molar-refractivity contribution in [1.82, 2.24) is 15.4 Å². The fraction of sp³-hybridized carbons (Fsp3) is 0.438. The Morgan fingerprint density at radius 2 is 1.92 bits per heavy atom. The van der Waals surface area contributed by atoms with E-state index < -0.39 is 34.5 Å². The maximum Gasteiger partial charge on any atom is 0.338 e. The lowest BCUT2D eigenvalue weighted by atomic mass is 10.2. The first-order valence-electron chi connectivity index (χ1n) is 7.99. The van der Waals surface area contributed by atoms with Crippen LogP contribution in [0, 0.1) is 0 Å². The number of rotatable bonds is 9. The second-order valence-electron chi connectivity index (χ2n) is 5.39. The summed E-state index contributed by atoms with van der Waals surface area (Å²) in [5.41, 5.74) is -0.0112. The fourth-order valence-electron chi connectivity index (χ4n) is 1.87. The van der Waals surface area contributed by atoms with Gasteiger partial charge in [0.15, 0.2) is 6.61 Å². The van der Waals surface area contributed by atoms with Crippen LogP contribution >= 0.6 is 0 Å². The molecule has 26 heavy (non-hydrogen) atoms. The van der Waals surface area contributed by atoms with Crippen LogP contribution in [0.1, 0.15) is 30.6 Å². The topological polar surface area (TPSA) is 131 Å². The third-order valence-electron chi connectivity index (χ3n) is 3.30. The van der Waals surface area contributed by atoms with Gasteiger partial charge < -0.3 is 15.4 Å². The molecule has 1 aromatic carbocycles. The zero-order chi connectivity index (χ0) is 19.7. The molecule has 1 rings (SSSR count). The Hall–Kier alpha value is -2.46. The molecule has 0 bridgehead atoms. The Kier molecular flexibility index (Phi) is 8.20. The Balaban J connectivity index is 2.60. The highest BCUT2D eigenvalue weighted by atomic mass is 32.2. The summed E-state index contributed by atoms with van der Waals surface area (Å²) in [6.07, 6.45) is 0.770. The quantitative estimate of drug-likeness (QED) is 0.504. The third-order valence-corrected chi connectivity index (χ3v) is 4.72. The first-order chi connectivity index (χ1) is 12.2. The predicted molar refractivity (Wildman–Crippen MR) is 93.9 cm³/mol. The molecule has 0 radical (unpaired) electrons. The average Bonchev–Trinajstić information content (AvgIpc) is 2.64. The molecule has 144 valence electrons. The van der Waals surface area contributed by atoms with Crippen LogP contribution in [-0.2, 0) is 24.3 Å². The Morgan fingerprint density at radius 3 is 2.54 bits per heavy atom. The number of amides is 2.